The number of nitrogens with one attached hydrogen (secondary N) is 1. The number of unbranched alkanes of at least 4 members (excludes halogenated alkanes) is 2. The topological polar surface area (TPSA) is 477 Å². The van der Waals surface area contributed by atoms with E-state index in [1.807, 2.05) is 62.6 Å². The smallest absolute Gasteiger partial charge is 0.329 e. The maximum absolute atomic E-state index is 14.7. The summed E-state index contributed by atoms with van der Waals surface area (Å²) in [6, 6.07) is 3.44. The van der Waals surface area contributed by atoms with Gasteiger partial charge in [-0.15, -0.1) is 5.10 Å². The molecule has 3 fully saturated rings. The largest absolute Gasteiger partial charge is 0.459 e. The molecule has 36 nitrogen and oxygen atoms in total. The van der Waals surface area contributed by atoms with Crippen molar-refractivity contribution >= 4 is 69.1 Å². The molecule has 2 amide bonds. The Hall–Kier alpha value is -8.28. The van der Waals surface area contributed by atoms with Gasteiger partial charge >= 0.3 is 5.97 Å². The molecule has 10 N–H and O–H groups in total. The number of aliphatic hydroxyl groups excluding tert-OH is 2. The fourth-order valence-corrected chi connectivity index (χ4v) is 16.2. The number of esters is 1. The zero-order valence-electron chi connectivity index (χ0n) is 74.8. The lowest BCUT2D eigenvalue weighted by atomic mass is 9.80. The van der Waals surface area contributed by atoms with Gasteiger partial charge in [0.15, 0.2) is 17.0 Å². The van der Waals surface area contributed by atoms with Crippen LogP contribution < -0.4 is 22.5 Å². The minimum Gasteiger partial charge on any atom is -0.459 e. The standard InChI is InChI=1S/C90H137N13O23/c1-59-18-10-9-11-19-60(2)75(113-7)55-68-25-22-64(6)90(112,126-68)84(109)87(110)102-30-15-12-21-71(102)88(111)124-76(56-72(104)61(3)51-63(5)82(107)83(108)81(106)62(4)50-59)69(91)52-65-23-26-74(77(53-65)114-8)123-33-17-13-20-67-57-101(100-98-67)32-35-116-37-39-118-41-43-120-45-47-122-49-48-121-46-44-119-42-40-117-38-36-115-34-28-78(105)94-29-14-16-31-103-86-79(85(92)95-58-96-86)80(99-103)66-24-27-73-70(54-66)97-89(93)125-73/h9-11,18-19,24,27,51,54,57-59,61-62,64-65,68-69,71,74-77,82-83,107-108,112H,12-17,20-23,25-26,28-50,52-53,55-56,91H2,1-8H3,(H2,93,97)(H,94,105)(H2,92,95,96)/b11-9?,18-10+,60-19?,63-51+/t59-,61-,62-,64-,65+,68+,69-,71+,74-,75+,76+,77-,82-,83+,90-/m1/s1. The van der Waals surface area contributed by atoms with E-state index in [0.717, 1.165) is 47.4 Å². The molecule has 2 bridgehead atoms. The fourth-order valence-electron chi connectivity index (χ4n) is 16.2. The Morgan fingerprint density at radius 1 is 0.714 bits per heavy atom. The third kappa shape index (κ3) is 31.8. The number of aromatic nitrogens is 8. The van der Waals surface area contributed by atoms with Crippen LogP contribution in [-0.2, 0) is 110 Å². The maximum Gasteiger partial charge on any atom is 0.329 e. The van der Waals surface area contributed by atoms with Gasteiger partial charge in [0.05, 0.1) is 148 Å². The number of nitrogens with two attached hydrogens (primary N) is 3. The average Bonchev–Trinajstić information content (AvgIpc) is 1.57. The van der Waals surface area contributed by atoms with E-state index >= 15 is 0 Å². The summed E-state index contributed by atoms with van der Waals surface area (Å²) in [5.74, 6) is -8.66. The number of piperidine rings is 1. The highest BCUT2D eigenvalue weighted by Crippen LogP contribution is 2.39. The van der Waals surface area contributed by atoms with Gasteiger partial charge in [0.25, 0.3) is 17.7 Å². The number of cyclic esters (lactones) is 1. The molecule has 1 saturated carbocycles. The van der Waals surface area contributed by atoms with Crippen LogP contribution in [-0.4, -0.2) is 295 Å². The Bertz CT molecular complexity index is 4310. The number of nitrogens with zero attached hydrogens (tertiary/aromatic N) is 9. The number of carbonyl (C=O) groups is 6. The number of benzene rings is 1. The lowest BCUT2D eigenvalue weighted by molar-refractivity contribution is -0.265. The number of fused-ring (bicyclic) bond motifs is 5. The van der Waals surface area contributed by atoms with Crippen LogP contribution in [0.4, 0.5) is 11.8 Å². The summed E-state index contributed by atoms with van der Waals surface area (Å²) in [4.78, 5) is 98.0. The number of aliphatic hydroxyl groups is 3. The molecule has 4 aromatic heterocycles. The molecular formula is C90H137N13O23. The number of carbonyl (C=O) groups excluding carboxylic acids is 6. The Labute approximate surface area is 738 Å². The van der Waals surface area contributed by atoms with Crippen molar-refractivity contribution in [3.63, 3.8) is 0 Å². The molecule has 0 spiro atoms. The van der Waals surface area contributed by atoms with Gasteiger partial charge in [0, 0.05) is 95.3 Å². The molecule has 5 aromatic rings. The van der Waals surface area contributed by atoms with Crippen LogP contribution in [0, 0.1) is 29.6 Å². The summed E-state index contributed by atoms with van der Waals surface area (Å²) >= 11 is 0. The van der Waals surface area contributed by atoms with Crippen LogP contribution in [0.25, 0.3) is 33.4 Å². The number of oxazole rings is 1. The first-order chi connectivity index (χ1) is 60.8. The van der Waals surface area contributed by atoms with E-state index in [1.54, 1.807) is 50.4 Å². The lowest BCUT2D eigenvalue weighted by Crippen LogP contribution is -2.61. The molecule has 9 rings (SSSR count). The highest BCUT2D eigenvalue weighted by atomic mass is 16.6. The van der Waals surface area contributed by atoms with Crippen LogP contribution >= 0.6 is 0 Å². The number of anilines is 2. The van der Waals surface area contributed by atoms with Gasteiger partial charge < -0.3 is 109 Å². The fraction of sp³-hybridized carbons (Fsp3) is 0.689. The van der Waals surface area contributed by atoms with Crippen molar-refractivity contribution in [2.45, 2.75) is 231 Å². The predicted octanol–water partition coefficient (Wildman–Crippen LogP) is 7.09. The second-order valence-electron chi connectivity index (χ2n) is 33.3. The Balaban J connectivity index is 0.581. The van der Waals surface area contributed by atoms with Crippen LogP contribution in [0.2, 0.25) is 0 Å². The van der Waals surface area contributed by atoms with E-state index < -0.39 is 95.4 Å². The normalized spacial score (nSPS) is 26.0. The van der Waals surface area contributed by atoms with E-state index in [1.165, 1.54) is 19.3 Å². The number of Topliss-reactive ketones (excluding diaryl/α,β-unsaturated/α-hetero) is 3. The van der Waals surface area contributed by atoms with E-state index in [0.29, 0.717) is 223 Å². The third-order valence-corrected chi connectivity index (χ3v) is 23.6. The first-order valence-electron chi connectivity index (χ1n) is 44.8. The highest BCUT2D eigenvalue weighted by molar-refractivity contribution is 6.39. The van der Waals surface area contributed by atoms with E-state index in [2.05, 4.69) is 30.6 Å². The number of aryl methyl sites for hydroxylation is 2. The minimum absolute atomic E-state index is 0.0257. The summed E-state index contributed by atoms with van der Waals surface area (Å²) in [5, 5.41) is 51.7. The van der Waals surface area contributed by atoms with Gasteiger partial charge in [-0.1, -0.05) is 69.4 Å². The van der Waals surface area contributed by atoms with Crippen molar-refractivity contribution in [1.82, 2.24) is 49.9 Å². The number of allylic oxidation sites excluding steroid dienone is 6. The molecule has 4 aliphatic rings. The van der Waals surface area contributed by atoms with Crippen molar-refractivity contribution in [1.29, 1.82) is 0 Å². The first-order valence-corrected chi connectivity index (χ1v) is 44.8. The Morgan fingerprint density at radius 2 is 1.40 bits per heavy atom. The SMILES string of the molecule is CO[C@H]1C[C@@H]2CC[C@@H](C)[C@@](O)(O2)C(=O)C(=O)N2CCCC[C@H]2C(=O)O[C@H]([C@H](N)C[C@@H]2CC[C@@H](OCCCCc3cn(CCOCCOCCOCCOCCOCCOCCOCCOCCC(=O)NCCCCn4nc(-c5ccc6oc(N)nc6c5)c5c(N)ncnc54)nn3)[C@H](OC)C2)CC(=O)[C@H](C)/C=C(\C)[C@@H](O)[C@@H](O)C(=O)[C@H](C)C[C@H](C)/C=C/C=CC=C1C. The summed E-state index contributed by atoms with van der Waals surface area (Å²) in [6.45, 7) is 19.0. The van der Waals surface area contributed by atoms with Crippen LogP contribution in [0.15, 0.2) is 82.7 Å². The number of methoxy groups -OCH3 is 2. The molecule has 3 aliphatic heterocycles. The third-order valence-electron chi connectivity index (χ3n) is 23.6. The van der Waals surface area contributed by atoms with Crippen molar-refractivity contribution in [2.75, 3.05) is 151 Å². The lowest BCUT2D eigenvalue weighted by Gasteiger charge is -2.42. The number of ketones is 3. The molecule has 1 aromatic carbocycles. The second kappa shape index (κ2) is 53.6. The van der Waals surface area contributed by atoms with Crippen molar-refractivity contribution in [3.8, 4) is 11.3 Å². The van der Waals surface area contributed by atoms with Crippen molar-refractivity contribution in [2.24, 2.45) is 35.3 Å². The zero-order valence-corrected chi connectivity index (χ0v) is 74.8. The van der Waals surface area contributed by atoms with Gasteiger partial charge in [0.2, 0.25) is 11.7 Å². The van der Waals surface area contributed by atoms with Gasteiger partial charge in [-0.05, 0) is 151 Å². The number of hydrogen-bond acceptors (Lipinski definition) is 32. The number of ether oxygens (including phenoxy) is 13. The van der Waals surface area contributed by atoms with Gasteiger partial charge in [-0.25, -0.2) is 24.1 Å². The van der Waals surface area contributed by atoms with E-state index in [-0.39, 0.29) is 80.4 Å². The van der Waals surface area contributed by atoms with Gasteiger partial charge in [0.1, 0.15) is 53.5 Å². The summed E-state index contributed by atoms with van der Waals surface area (Å²) in [6.07, 6.45) is 16.7. The molecule has 0 radical (unpaired) electrons. The van der Waals surface area contributed by atoms with E-state index in [9.17, 15) is 44.1 Å². The summed E-state index contributed by atoms with van der Waals surface area (Å²) < 4.78 is 84.7. The number of amides is 2. The Kier molecular flexibility index (Phi) is 43.2. The van der Waals surface area contributed by atoms with Crippen LogP contribution in [0.1, 0.15) is 156 Å². The molecule has 7 heterocycles. The van der Waals surface area contributed by atoms with Gasteiger partial charge in [-0.3, -0.25) is 24.0 Å². The summed E-state index contributed by atoms with van der Waals surface area (Å²) in [7, 11) is 3.20. The molecular weight excluding hydrogens is 1630 g/mol. The second-order valence-corrected chi connectivity index (χ2v) is 33.3. The number of hydrogen-bond donors (Lipinski definition) is 7. The average molecular weight is 1770 g/mol. The predicted molar refractivity (Wildman–Crippen MR) is 466 cm³/mol. The molecule has 36 heteroatoms. The minimum atomic E-state index is -2.49. The maximum atomic E-state index is 14.7. The number of rotatable bonds is 44. The zero-order chi connectivity index (χ0) is 90.3. The van der Waals surface area contributed by atoms with Crippen molar-refractivity contribution in [3.05, 3.63) is 84.0 Å². The molecule has 0 unspecified atom stereocenters. The highest BCUT2D eigenvalue weighted by Gasteiger charge is 2.53. The molecule has 126 heavy (non-hydrogen) atoms. The molecule has 2 saturated heterocycles. The van der Waals surface area contributed by atoms with Crippen LogP contribution in [0.5, 0.6) is 0 Å². The van der Waals surface area contributed by atoms with Crippen LogP contribution in [0.3, 0.4) is 0 Å². The monoisotopic (exact) mass is 1770 g/mol. The quantitative estimate of drug-likeness (QED) is 0.00885. The molecule has 1 aliphatic carbocycles. The van der Waals surface area contributed by atoms with E-state index in [4.69, 9.17) is 88.3 Å². The molecule has 700 valence electrons. The van der Waals surface area contributed by atoms with Crippen molar-refractivity contribution < 1.29 is 110 Å². The number of nitrogen functional groups attached to an aromatic ring is 2. The summed E-state index contributed by atoms with van der Waals surface area (Å²) in [5.41, 5.74) is 24.2. The van der Waals surface area contributed by atoms with Gasteiger partial charge in [-0.2, -0.15) is 10.1 Å². The molecule has 15 atom stereocenters. The first kappa shape index (κ1) is 101. The Morgan fingerprint density at radius 3 is 2.08 bits per heavy atom.